The number of rotatable bonds is 31. The normalized spacial score (nSPS) is 22.6. The molecule has 0 bridgehead atoms. The average molecular weight is 911 g/mol. The van der Waals surface area contributed by atoms with Gasteiger partial charge in [-0.1, -0.05) is 119 Å². The van der Waals surface area contributed by atoms with Crippen molar-refractivity contribution < 1.29 is 43.9 Å². The molecule has 6 unspecified atom stereocenters. The van der Waals surface area contributed by atoms with Gasteiger partial charge in [-0.15, -0.1) is 6.58 Å². The van der Waals surface area contributed by atoms with E-state index >= 15 is 0 Å². The monoisotopic (exact) mass is 911 g/mol. The summed E-state index contributed by atoms with van der Waals surface area (Å²) < 4.78 is 27.2. The number of allylic oxidation sites excluding steroid dienone is 1. The number of unbranched alkanes of at least 4 members (excludes halogenated alkanes) is 10. The zero-order valence-corrected chi connectivity index (χ0v) is 39.9. The van der Waals surface area contributed by atoms with Gasteiger partial charge in [0.05, 0.1) is 38.1 Å². The van der Waals surface area contributed by atoms with E-state index in [9.17, 15) is 20.1 Å². The van der Waals surface area contributed by atoms with Gasteiger partial charge in [0.25, 0.3) is 0 Å². The van der Waals surface area contributed by atoms with Crippen molar-refractivity contribution in [1.29, 1.82) is 0 Å². The molecule has 1 saturated carbocycles. The average Bonchev–Trinajstić information content (AvgIpc) is 3.33. The van der Waals surface area contributed by atoms with Gasteiger partial charge in [-0.3, -0.25) is 4.79 Å². The molecule has 3 aromatic carbocycles. The predicted molar refractivity (Wildman–Crippen MR) is 262 cm³/mol. The Labute approximate surface area is 394 Å². The molecular weight excluding hydrogens is 833 g/mol. The number of aliphatic hydroxyl groups is 3. The van der Waals surface area contributed by atoms with Gasteiger partial charge in [-0.2, -0.15) is 0 Å². The summed E-state index contributed by atoms with van der Waals surface area (Å²) in [5.41, 5.74) is 2.76. The Morgan fingerprint density at radius 2 is 1.55 bits per heavy atom. The Kier molecular flexibility index (Phi) is 20.9. The third-order valence-electron chi connectivity index (χ3n) is 13.8. The van der Waals surface area contributed by atoms with Crippen molar-refractivity contribution in [1.82, 2.24) is 4.90 Å². The van der Waals surface area contributed by atoms with Crippen molar-refractivity contribution in [2.24, 2.45) is 22.9 Å². The van der Waals surface area contributed by atoms with Crippen molar-refractivity contribution in [3.05, 3.63) is 90.5 Å². The summed E-state index contributed by atoms with van der Waals surface area (Å²) >= 11 is 0. The van der Waals surface area contributed by atoms with Crippen LogP contribution in [0.15, 0.2) is 90.1 Å². The van der Waals surface area contributed by atoms with Gasteiger partial charge >= 0.3 is 0 Å². The molecule has 3 N–H and O–H groups in total. The number of nitrogens with zero attached hydrogens (tertiary/aromatic N) is 2. The predicted octanol–water partition coefficient (Wildman–Crippen LogP) is 11.0. The highest BCUT2D eigenvalue weighted by molar-refractivity contribution is 6.03. The molecule has 6 rings (SSSR count). The molecule has 3 aromatic rings. The van der Waals surface area contributed by atoms with E-state index in [2.05, 4.69) is 49.9 Å². The highest BCUT2D eigenvalue weighted by atomic mass is 16.7. The number of hydrogen-bond acceptors (Lipinski definition) is 10. The number of hydrogen-bond donors (Lipinski definition) is 3. The summed E-state index contributed by atoms with van der Waals surface area (Å²) in [5, 5.41) is 36.7. The smallest absolute Gasteiger partial charge is 0.239 e. The quantitative estimate of drug-likeness (QED) is 0.0327. The summed E-state index contributed by atoms with van der Waals surface area (Å²) in [4.78, 5) is 22.7. The summed E-state index contributed by atoms with van der Waals surface area (Å²) in [6, 6.07) is 19.8. The molecule has 0 radical (unpaired) electrons. The van der Waals surface area contributed by atoms with Crippen LogP contribution in [-0.2, 0) is 19.1 Å². The fraction of sp³-hybridized carbons (Fsp3) is 0.600. The highest BCUT2D eigenvalue weighted by Gasteiger charge is 2.65. The molecule has 11 heteroatoms. The maximum Gasteiger partial charge on any atom is 0.239 e. The molecule has 66 heavy (non-hydrogen) atoms. The molecule has 2 aliphatic carbocycles. The summed E-state index contributed by atoms with van der Waals surface area (Å²) in [7, 11) is 0. The lowest BCUT2D eigenvalue weighted by Gasteiger charge is -2.60. The minimum atomic E-state index is -1.36. The second-order valence-corrected chi connectivity index (χ2v) is 18.3. The van der Waals surface area contributed by atoms with Gasteiger partial charge in [0.1, 0.15) is 29.9 Å². The first-order valence-electron chi connectivity index (χ1n) is 25.3. The summed E-state index contributed by atoms with van der Waals surface area (Å²) in [6.07, 6.45) is 19.9. The molecule has 0 spiro atoms. The van der Waals surface area contributed by atoms with E-state index < -0.39 is 17.7 Å². The molecule has 1 amide bonds. The van der Waals surface area contributed by atoms with Gasteiger partial charge in [0.15, 0.2) is 0 Å². The van der Waals surface area contributed by atoms with Crippen LogP contribution < -0.4 is 9.47 Å². The lowest BCUT2D eigenvalue weighted by molar-refractivity contribution is -0.258. The van der Waals surface area contributed by atoms with Crippen molar-refractivity contribution in [2.75, 3.05) is 52.8 Å². The van der Waals surface area contributed by atoms with Crippen LogP contribution in [0.25, 0.3) is 10.8 Å². The number of ether oxygens (including phenoxy) is 4. The van der Waals surface area contributed by atoms with Crippen LogP contribution >= 0.6 is 0 Å². The summed E-state index contributed by atoms with van der Waals surface area (Å²) in [6.45, 7) is 9.58. The van der Waals surface area contributed by atoms with E-state index in [0.717, 1.165) is 78.3 Å². The molecule has 11 nitrogen and oxygen atoms in total. The SMILES string of the molecule is C=CCOC12Oc3ccc(Oc4ccc5ccccc5c4)cc3C3C(CCCCO)C(CCCCO)C=C(C(=NOCC)CC1N(CCOCCO)C(=O)CCCCCCCCCCC)C32. The highest BCUT2D eigenvalue weighted by Crippen LogP contribution is 2.62. The van der Waals surface area contributed by atoms with Gasteiger partial charge in [0, 0.05) is 44.1 Å². The first-order chi connectivity index (χ1) is 32.4. The molecule has 362 valence electrons. The minimum Gasteiger partial charge on any atom is -0.459 e. The van der Waals surface area contributed by atoms with E-state index in [1.165, 1.54) is 38.5 Å². The second-order valence-electron chi connectivity index (χ2n) is 18.3. The zero-order valence-electron chi connectivity index (χ0n) is 39.9. The van der Waals surface area contributed by atoms with Crippen LogP contribution in [0.1, 0.15) is 134 Å². The van der Waals surface area contributed by atoms with Gasteiger partial charge in [-0.25, -0.2) is 0 Å². The Morgan fingerprint density at radius 1 is 0.833 bits per heavy atom. The largest absolute Gasteiger partial charge is 0.459 e. The molecule has 1 aliphatic heterocycles. The van der Waals surface area contributed by atoms with Crippen LogP contribution in [-0.4, -0.2) is 96.5 Å². The lowest BCUT2D eigenvalue weighted by Crippen LogP contribution is -2.70. The lowest BCUT2D eigenvalue weighted by atomic mass is 9.55. The van der Waals surface area contributed by atoms with Gasteiger partial charge in [-0.05, 0) is 97.5 Å². The topological polar surface area (TPSA) is 140 Å². The van der Waals surface area contributed by atoms with E-state index in [0.29, 0.717) is 43.8 Å². The van der Waals surface area contributed by atoms with Crippen molar-refractivity contribution in [2.45, 2.75) is 141 Å². The van der Waals surface area contributed by atoms with E-state index in [4.69, 9.17) is 28.9 Å². The number of benzene rings is 3. The Morgan fingerprint density at radius 3 is 2.27 bits per heavy atom. The number of oxime groups is 1. The third kappa shape index (κ3) is 13.0. The van der Waals surface area contributed by atoms with Gasteiger partial charge < -0.3 is 44.0 Å². The van der Waals surface area contributed by atoms with Crippen molar-refractivity contribution >= 4 is 22.4 Å². The standard InChI is InChI=1S/C55H78N2O9/c1-4-7-8-9-10-11-12-13-14-25-52(61)57(30-35-62-36-33-60)51-40-49(56-64-6-3)47-38-43(23-17-19-31-58)46(24-18-20-32-59)53-48-39-45(65-44-27-26-41-21-15-16-22-42(41)37-44)28-29-50(48)66-55(51,54(47)53)63-34-5-2/h5,15-16,21-22,26-29,37-39,43,46,51,53-54,58-60H,2,4,6-14,17-20,23-25,30-36,40H2,1,3H3. The number of amides is 1. The van der Waals surface area contributed by atoms with E-state index in [-0.39, 0.29) is 69.8 Å². The molecule has 1 heterocycles. The Bertz CT molecular complexity index is 2020. The molecule has 3 aliphatic rings. The first-order valence-corrected chi connectivity index (χ1v) is 25.3. The van der Waals surface area contributed by atoms with Crippen LogP contribution in [0, 0.1) is 17.8 Å². The fourth-order valence-electron chi connectivity index (χ4n) is 10.7. The van der Waals surface area contributed by atoms with E-state index in [1.807, 2.05) is 42.2 Å². The molecule has 0 aromatic heterocycles. The maximum atomic E-state index is 14.9. The molecule has 6 atom stereocenters. The van der Waals surface area contributed by atoms with Crippen molar-refractivity contribution in [3.63, 3.8) is 0 Å². The molecular formula is C55H78N2O9. The Hall–Kier alpha value is -4.26. The minimum absolute atomic E-state index is 0.00239. The van der Waals surface area contributed by atoms with Crippen LogP contribution in [0.3, 0.4) is 0 Å². The summed E-state index contributed by atoms with van der Waals surface area (Å²) in [5.74, 6) is 0.324. The zero-order chi connectivity index (χ0) is 46.6. The number of carbonyl (C=O) groups excluding carboxylic acids is 1. The van der Waals surface area contributed by atoms with Gasteiger partial charge in [0.2, 0.25) is 11.7 Å². The number of aliphatic hydroxyl groups excluding tert-OH is 3. The van der Waals surface area contributed by atoms with Crippen molar-refractivity contribution in [3.8, 4) is 17.2 Å². The maximum absolute atomic E-state index is 14.9. The van der Waals surface area contributed by atoms with Crippen LogP contribution in [0.5, 0.6) is 17.2 Å². The second kappa shape index (κ2) is 26.9. The molecule has 0 saturated heterocycles. The fourth-order valence-corrected chi connectivity index (χ4v) is 10.7. The first kappa shape index (κ1) is 51.1. The number of carbonyl (C=O) groups is 1. The number of fused-ring (bicyclic) bond motifs is 3. The molecule has 1 fully saturated rings. The van der Waals surface area contributed by atoms with Crippen LogP contribution in [0.2, 0.25) is 0 Å². The van der Waals surface area contributed by atoms with Crippen LogP contribution in [0.4, 0.5) is 0 Å². The van der Waals surface area contributed by atoms with E-state index in [1.54, 1.807) is 6.08 Å². The third-order valence-corrected chi connectivity index (χ3v) is 13.8. The Balaban J connectivity index is 1.46.